The number of carbonyl (C=O) groups is 1. The highest BCUT2D eigenvalue weighted by Gasteiger charge is 2.10. The van der Waals surface area contributed by atoms with Crippen LogP contribution in [0.2, 0.25) is 5.02 Å². The van der Waals surface area contributed by atoms with E-state index in [-0.39, 0.29) is 11.3 Å². The van der Waals surface area contributed by atoms with Crippen LogP contribution in [-0.2, 0) is 0 Å². The van der Waals surface area contributed by atoms with Gasteiger partial charge >= 0.3 is 5.97 Å². The Morgan fingerprint density at radius 2 is 1.75 bits per heavy atom. The molecule has 0 heterocycles. The molecule has 2 aromatic rings. The number of nitrogens with two attached hydrogens (primary N) is 1. The lowest BCUT2D eigenvalue weighted by atomic mass is 10.1. The highest BCUT2D eigenvalue weighted by Crippen LogP contribution is 2.30. The minimum absolute atomic E-state index is 0.0563. The van der Waals surface area contributed by atoms with Gasteiger partial charge in [0.2, 0.25) is 0 Å². The Kier molecular flexibility index (Phi) is 3.86. The van der Waals surface area contributed by atoms with Crippen molar-refractivity contribution in [3.8, 4) is 11.5 Å². The van der Waals surface area contributed by atoms with Gasteiger partial charge in [0.1, 0.15) is 11.5 Å². The van der Waals surface area contributed by atoms with Crippen molar-refractivity contribution in [2.45, 2.75) is 13.8 Å². The maximum atomic E-state index is 10.9. The fourth-order valence-electron chi connectivity index (χ4n) is 1.90. The summed E-state index contributed by atoms with van der Waals surface area (Å²) >= 11 is 6.09. The third kappa shape index (κ3) is 2.86. The molecule has 0 spiro atoms. The van der Waals surface area contributed by atoms with Crippen LogP contribution in [0.1, 0.15) is 21.5 Å². The van der Waals surface area contributed by atoms with E-state index in [4.69, 9.17) is 27.2 Å². The molecule has 0 saturated heterocycles. The fourth-order valence-corrected chi connectivity index (χ4v) is 2.01. The summed E-state index contributed by atoms with van der Waals surface area (Å²) < 4.78 is 5.68. The van der Waals surface area contributed by atoms with Gasteiger partial charge in [-0.25, -0.2) is 4.79 Å². The minimum Gasteiger partial charge on any atom is -0.478 e. The zero-order chi connectivity index (χ0) is 14.9. The Hall–Kier alpha value is -2.20. The summed E-state index contributed by atoms with van der Waals surface area (Å²) in [7, 11) is 0. The summed E-state index contributed by atoms with van der Waals surface area (Å²) in [5.41, 5.74) is 7.73. The van der Waals surface area contributed by atoms with Crippen LogP contribution < -0.4 is 10.5 Å². The number of nitrogen functional groups attached to an aromatic ring is 1. The van der Waals surface area contributed by atoms with E-state index in [0.29, 0.717) is 16.5 Å². The second-order valence-corrected chi connectivity index (χ2v) is 4.91. The number of ether oxygens (including phenoxy) is 1. The van der Waals surface area contributed by atoms with Gasteiger partial charge in [-0.05, 0) is 49.2 Å². The lowest BCUT2D eigenvalue weighted by Crippen LogP contribution is -2.02. The molecule has 4 nitrogen and oxygen atoms in total. The second kappa shape index (κ2) is 5.43. The smallest absolute Gasteiger partial charge is 0.337 e. The zero-order valence-corrected chi connectivity index (χ0v) is 11.9. The van der Waals surface area contributed by atoms with Crippen molar-refractivity contribution in [1.29, 1.82) is 0 Å². The topological polar surface area (TPSA) is 72.5 Å². The van der Waals surface area contributed by atoms with Gasteiger partial charge in [0, 0.05) is 16.8 Å². The molecule has 20 heavy (non-hydrogen) atoms. The Labute approximate surface area is 121 Å². The molecule has 0 aliphatic rings. The lowest BCUT2D eigenvalue weighted by Gasteiger charge is -2.10. The maximum Gasteiger partial charge on any atom is 0.337 e. The Balaban J connectivity index is 2.31. The summed E-state index contributed by atoms with van der Waals surface area (Å²) in [4.78, 5) is 10.9. The van der Waals surface area contributed by atoms with Crippen LogP contribution in [0.5, 0.6) is 11.5 Å². The molecule has 0 aliphatic heterocycles. The highest BCUT2D eigenvalue weighted by molar-refractivity contribution is 6.32. The largest absolute Gasteiger partial charge is 0.478 e. The Morgan fingerprint density at radius 3 is 2.25 bits per heavy atom. The third-order valence-electron chi connectivity index (χ3n) is 2.90. The molecule has 0 bridgehead atoms. The number of rotatable bonds is 3. The first-order valence-electron chi connectivity index (χ1n) is 5.96. The number of aromatic carboxylic acids is 1. The van der Waals surface area contributed by atoms with Crippen molar-refractivity contribution in [1.82, 2.24) is 0 Å². The monoisotopic (exact) mass is 291 g/mol. The molecule has 0 saturated carbocycles. The number of carboxylic acid groups (broad SMARTS) is 1. The number of hydrogen-bond donors (Lipinski definition) is 2. The summed E-state index contributed by atoms with van der Waals surface area (Å²) in [5.74, 6) is 0.0488. The van der Waals surface area contributed by atoms with Crippen LogP contribution in [0.3, 0.4) is 0 Å². The Morgan fingerprint density at radius 1 is 1.15 bits per heavy atom. The number of carboxylic acids is 1. The fraction of sp³-hybridized carbons (Fsp3) is 0.133. The van der Waals surface area contributed by atoms with E-state index in [1.54, 1.807) is 6.07 Å². The highest BCUT2D eigenvalue weighted by atomic mass is 35.5. The van der Waals surface area contributed by atoms with Gasteiger partial charge in [-0.1, -0.05) is 11.6 Å². The molecule has 2 rings (SSSR count). The predicted octanol–water partition coefficient (Wildman–Crippen LogP) is 4.03. The summed E-state index contributed by atoms with van der Waals surface area (Å²) in [6, 6.07) is 8.11. The third-order valence-corrected chi connectivity index (χ3v) is 3.50. The van der Waals surface area contributed by atoms with Gasteiger partial charge in [0.05, 0.1) is 5.56 Å². The molecule has 0 aromatic heterocycles. The van der Waals surface area contributed by atoms with E-state index in [1.165, 1.54) is 12.1 Å². The first-order valence-corrected chi connectivity index (χ1v) is 6.33. The van der Waals surface area contributed by atoms with E-state index in [0.717, 1.165) is 11.1 Å². The molecule has 0 amide bonds. The molecular weight excluding hydrogens is 278 g/mol. The van der Waals surface area contributed by atoms with Crippen LogP contribution in [-0.4, -0.2) is 11.1 Å². The van der Waals surface area contributed by atoms with Crippen molar-refractivity contribution < 1.29 is 14.6 Å². The SMILES string of the molecule is Cc1cc(Oc2ccc(C(=O)O)c(N)c2)cc(C)c1Cl. The number of halogens is 1. The van der Waals surface area contributed by atoms with Gasteiger partial charge in [-0.15, -0.1) is 0 Å². The van der Waals surface area contributed by atoms with Crippen LogP contribution in [0.25, 0.3) is 0 Å². The summed E-state index contributed by atoms with van der Waals surface area (Å²) in [6.45, 7) is 3.79. The number of hydrogen-bond acceptors (Lipinski definition) is 3. The van der Waals surface area contributed by atoms with Crippen molar-refractivity contribution in [3.05, 3.63) is 52.0 Å². The number of aryl methyl sites for hydroxylation is 2. The summed E-state index contributed by atoms with van der Waals surface area (Å²) in [5, 5.41) is 9.62. The first-order chi connectivity index (χ1) is 9.38. The van der Waals surface area contributed by atoms with E-state index in [2.05, 4.69) is 0 Å². The number of benzene rings is 2. The van der Waals surface area contributed by atoms with Crippen LogP contribution in [0, 0.1) is 13.8 Å². The molecule has 2 aromatic carbocycles. The Bertz CT molecular complexity index is 660. The molecule has 0 aliphatic carbocycles. The molecule has 0 unspecified atom stereocenters. The van der Waals surface area contributed by atoms with E-state index >= 15 is 0 Å². The number of anilines is 1. The predicted molar refractivity (Wildman–Crippen MR) is 78.8 cm³/mol. The molecule has 5 heteroatoms. The normalized spacial score (nSPS) is 10.3. The van der Waals surface area contributed by atoms with Crippen molar-refractivity contribution in [2.75, 3.05) is 5.73 Å². The molecule has 104 valence electrons. The van der Waals surface area contributed by atoms with E-state index in [1.807, 2.05) is 26.0 Å². The van der Waals surface area contributed by atoms with Crippen LogP contribution >= 0.6 is 11.6 Å². The van der Waals surface area contributed by atoms with Crippen LogP contribution in [0.15, 0.2) is 30.3 Å². The second-order valence-electron chi connectivity index (χ2n) is 4.53. The lowest BCUT2D eigenvalue weighted by molar-refractivity contribution is 0.0698. The van der Waals surface area contributed by atoms with Crippen molar-refractivity contribution in [3.63, 3.8) is 0 Å². The van der Waals surface area contributed by atoms with E-state index in [9.17, 15) is 4.79 Å². The van der Waals surface area contributed by atoms with Gasteiger partial charge in [0.15, 0.2) is 0 Å². The van der Waals surface area contributed by atoms with Gasteiger partial charge in [-0.2, -0.15) is 0 Å². The average Bonchev–Trinajstić information content (AvgIpc) is 2.35. The standard InChI is InChI=1S/C15H14ClNO3/c1-8-5-11(6-9(2)14(8)16)20-10-3-4-12(15(18)19)13(17)7-10/h3-7H,17H2,1-2H3,(H,18,19). The van der Waals surface area contributed by atoms with Gasteiger partial charge in [0.25, 0.3) is 0 Å². The van der Waals surface area contributed by atoms with Crippen LogP contribution in [0.4, 0.5) is 5.69 Å². The van der Waals surface area contributed by atoms with E-state index < -0.39 is 5.97 Å². The quantitative estimate of drug-likeness (QED) is 0.837. The molecular formula is C15H14ClNO3. The molecule has 0 fully saturated rings. The maximum absolute atomic E-state index is 10.9. The molecule has 0 atom stereocenters. The van der Waals surface area contributed by atoms with Gasteiger partial charge in [-0.3, -0.25) is 0 Å². The molecule has 0 radical (unpaired) electrons. The first kappa shape index (κ1) is 14.2. The summed E-state index contributed by atoms with van der Waals surface area (Å²) in [6.07, 6.45) is 0. The zero-order valence-electron chi connectivity index (χ0n) is 11.1. The van der Waals surface area contributed by atoms with Crippen molar-refractivity contribution >= 4 is 23.3 Å². The average molecular weight is 292 g/mol. The molecule has 3 N–H and O–H groups in total. The minimum atomic E-state index is -1.06. The van der Waals surface area contributed by atoms with Gasteiger partial charge < -0.3 is 15.6 Å². The van der Waals surface area contributed by atoms with Crippen molar-refractivity contribution in [2.24, 2.45) is 0 Å².